The number of amides is 1. The molecule has 0 saturated carbocycles. The van der Waals surface area contributed by atoms with Crippen LogP contribution in [0.4, 0.5) is 17.1 Å². The van der Waals surface area contributed by atoms with Crippen molar-refractivity contribution in [3.63, 3.8) is 0 Å². The molecule has 9 nitrogen and oxygen atoms in total. The van der Waals surface area contributed by atoms with Gasteiger partial charge in [0.05, 0.1) is 23.0 Å². The largest absolute Gasteiger partial charge is 0.378 e. The molecule has 2 N–H and O–H groups in total. The lowest BCUT2D eigenvalue weighted by Gasteiger charge is -2.11. The molecule has 1 aromatic heterocycles. The Morgan fingerprint density at radius 1 is 1.08 bits per heavy atom. The molecule has 194 valence electrons. The van der Waals surface area contributed by atoms with Gasteiger partial charge in [-0.1, -0.05) is 30.2 Å². The van der Waals surface area contributed by atoms with E-state index in [0.29, 0.717) is 29.2 Å². The zero-order valence-corrected chi connectivity index (χ0v) is 22.2. The molecule has 0 unspecified atom stereocenters. The van der Waals surface area contributed by atoms with Crippen LogP contribution in [0, 0.1) is 11.3 Å². The molecule has 0 bridgehead atoms. The van der Waals surface area contributed by atoms with Gasteiger partial charge in [-0.25, -0.2) is 0 Å². The number of aromatic nitrogens is 1. The number of hydrogen-bond acceptors (Lipinski definition) is 7. The number of benzene rings is 2. The lowest BCUT2D eigenvalue weighted by molar-refractivity contribution is -0.677. The van der Waals surface area contributed by atoms with Crippen LogP contribution in [-0.4, -0.2) is 44.2 Å². The van der Waals surface area contributed by atoms with Crippen molar-refractivity contribution in [3.05, 3.63) is 84.2 Å². The van der Waals surface area contributed by atoms with Gasteiger partial charge in [-0.2, -0.15) is 10.4 Å². The maximum atomic E-state index is 13.2. The summed E-state index contributed by atoms with van der Waals surface area (Å²) in [4.78, 5) is 19.8. The van der Waals surface area contributed by atoms with E-state index in [1.165, 1.54) is 0 Å². The van der Waals surface area contributed by atoms with Crippen LogP contribution in [0.15, 0.2) is 88.3 Å². The average molecular weight is 510 g/mol. The quantitative estimate of drug-likeness (QED) is 0.172. The van der Waals surface area contributed by atoms with E-state index in [1.807, 2.05) is 43.3 Å². The number of nitriles is 1. The number of hydrazone groups is 1. The standard InChI is InChI=1S/C29H32N8O/c1-5-6-17-31-22(2)28(35-34-25-13-9-23(19-30)10-14-25)29(38)33-26-8-7-18-37(21-26)32-20-24-11-15-27(16-12-24)36(3)4/h7-16,18,20-21H,5-6,17H2,1-4H3,(H-,31,33,34,38)/p+1/b32-20-. The molecule has 3 aromatic rings. The van der Waals surface area contributed by atoms with Crippen molar-refractivity contribution in [2.45, 2.75) is 26.7 Å². The first-order chi connectivity index (χ1) is 18.4. The van der Waals surface area contributed by atoms with Crippen molar-refractivity contribution in [2.75, 3.05) is 36.3 Å². The Morgan fingerprint density at radius 2 is 1.82 bits per heavy atom. The molecule has 0 aliphatic rings. The summed E-state index contributed by atoms with van der Waals surface area (Å²) in [6.45, 7) is 4.47. The SMILES string of the molecule is CCCCN=C(C)C(=NNc1ccc(C#N)cc1)C(=O)Nc1ccc[n+](/N=C\c2ccc(N(C)C)cc2)c1. The van der Waals surface area contributed by atoms with Crippen molar-refractivity contribution >= 4 is 40.6 Å². The molecular formula is C29H33N8O+. The summed E-state index contributed by atoms with van der Waals surface area (Å²) < 4.78 is 1.63. The van der Waals surface area contributed by atoms with Crippen LogP contribution < -0.4 is 20.3 Å². The molecule has 0 atom stereocenters. The molecule has 3 rings (SSSR count). The van der Waals surface area contributed by atoms with Crippen LogP contribution in [0.5, 0.6) is 0 Å². The minimum atomic E-state index is -0.398. The monoisotopic (exact) mass is 509 g/mol. The molecule has 0 spiro atoms. The van der Waals surface area contributed by atoms with E-state index >= 15 is 0 Å². The third-order valence-corrected chi connectivity index (χ3v) is 5.52. The number of pyridine rings is 1. The molecule has 0 aliphatic heterocycles. The van der Waals surface area contributed by atoms with E-state index < -0.39 is 5.91 Å². The van der Waals surface area contributed by atoms with Crippen LogP contribution in [0.3, 0.4) is 0 Å². The summed E-state index contributed by atoms with van der Waals surface area (Å²) in [6, 6.07) is 20.5. The van der Waals surface area contributed by atoms with Crippen molar-refractivity contribution in [2.24, 2.45) is 15.2 Å². The summed E-state index contributed by atoms with van der Waals surface area (Å²) in [6.07, 6.45) is 7.19. The number of carbonyl (C=O) groups is 1. The van der Waals surface area contributed by atoms with Gasteiger partial charge in [0.2, 0.25) is 12.4 Å². The molecule has 0 saturated heterocycles. The number of unbranched alkanes of at least 4 members (excludes halogenated alkanes) is 1. The number of nitrogens with one attached hydrogen (secondary N) is 2. The highest BCUT2D eigenvalue weighted by Crippen LogP contribution is 2.11. The summed E-state index contributed by atoms with van der Waals surface area (Å²) in [5.41, 5.74) is 7.42. The number of rotatable bonds is 11. The third kappa shape index (κ3) is 8.38. The fourth-order valence-electron chi connectivity index (χ4n) is 3.31. The Hall–Kier alpha value is -4.84. The normalized spacial score (nSPS) is 11.8. The lowest BCUT2D eigenvalue weighted by Crippen LogP contribution is -2.32. The zero-order valence-electron chi connectivity index (χ0n) is 22.2. The maximum Gasteiger partial charge on any atom is 0.278 e. The molecule has 1 heterocycles. The molecule has 0 radical (unpaired) electrons. The summed E-state index contributed by atoms with van der Waals surface area (Å²) in [5, 5.41) is 20.7. The maximum absolute atomic E-state index is 13.2. The van der Waals surface area contributed by atoms with Crippen molar-refractivity contribution in [1.82, 2.24) is 0 Å². The van der Waals surface area contributed by atoms with E-state index in [2.05, 4.69) is 38.9 Å². The Kier molecular flexibility index (Phi) is 10.3. The predicted molar refractivity (Wildman–Crippen MR) is 154 cm³/mol. The Morgan fingerprint density at radius 3 is 2.47 bits per heavy atom. The Labute approximate surface area is 223 Å². The number of aliphatic imine (C=N–C) groups is 1. The van der Waals surface area contributed by atoms with Gasteiger partial charge in [0.1, 0.15) is 11.9 Å². The fraction of sp³-hybridized carbons (Fsp3) is 0.241. The second-order valence-electron chi connectivity index (χ2n) is 8.74. The highest BCUT2D eigenvalue weighted by atomic mass is 16.2. The molecule has 9 heteroatoms. The smallest absolute Gasteiger partial charge is 0.278 e. The first-order valence-electron chi connectivity index (χ1n) is 12.4. The van der Waals surface area contributed by atoms with Crippen LogP contribution in [0.1, 0.15) is 37.8 Å². The predicted octanol–water partition coefficient (Wildman–Crippen LogP) is 4.46. The van der Waals surface area contributed by atoms with Gasteiger partial charge in [0, 0.05) is 32.4 Å². The summed E-state index contributed by atoms with van der Waals surface area (Å²) in [5.74, 6) is -0.398. The van der Waals surface area contributed by atoms with Crippen LogP contribution in [0.25, 0.3) is 0 Å². The van der Waals surface area contributed by atoms with E-state index in [0.717, 1.165) is 24.1 Å². The Balaban J connectivity index is 1.76. The minimum Gasteiger partial charge on any atom is -0.378 e. The third-order valence-electron chi connectivity index (χ3n) is 5.52. The van der Waals surface area contributed by atoms with Crippen molar-refractivity contribution in [1.29, 1.82) is 5.26 Å². The van der Waals surface area contributed by atoms with E-state index in [1.54, 1.807) is 66.6 Å². The van der Waals surface area contributed by atoms with Gasteiger partial charge < -0.3 is 10.2 Å². The topological polar surface area (TPSA) is 109 Å². The van der Waals surface area contributed by atoms with Gasteiger partial charge in [0.15, 0.2) is 5.71 Å². The number of anilines is 3. The molecule has 0 fully saturated rings. The van der Waals surface area contributed by atoms with Gasteiger partial charge in [-0.05, 0) is 66.5 Å². The van der Waals surface area contributed by atoms with Crippen LogP contribution in [-0.2, 0) is 4.79 Å². The average Bonchev–Trinajstić information content (AvgIpc) is 2.93. The van der Waals surface area contributed by atoms with Gasteiger partial charge in [0.25, 0.3) is 5.91 Å². The summed E-state index contributed by atoms with van der Waals surface area (Å²) >= 11 is 0. The van der Waals surface area contributed by atoms with Crippen molar-refractivity contribution in [3.8, 4) is 6.07 Å². The van der Waals surface area contributed by atoms with Gasteiger partial charge in [-0.15, -0.1) is 0 Å². The van der Waals surface area contributed by atoms with Crippen LogP contribution in [0.2, 0.25) is 0 Å². The van der Waals surface area contributed by atoms with E-state index in [9.17, 15) is 4.79 Å². The number of hydrogen-bond donors (Lipinski definition) is 2. The zero-order chi connectivity index (χ0) is 27.3. The second-order valence-corrected chi connectivity index (χ2v) is 8.74. The number of carbonyl (C=O) groups excluding carboxylic acids is 1. The molecule has 2 aromatic carbocycles. The molecular weight excluding hydrogens is 476 g/mol. The highest BCUT2D eigenvalue weighted by Gasteiger charge is 2.17. The highest BCUT2D eigenvalue weighted by molar-refractivity contribution is 6.68. The van der Waals surface area contributed by atoms with Gasteiger partial charge in [-0.3, -0.25) is 15.2 Å². The van der Waals surface area contributed by atoms with Crippen molar-refractivity contribution < 1.29 is 9.47 Å². The molecule has 1 amide bonds. The van der Waals surface area contributed by atoms with E-state index in [-0.39, 0.29) is 5.71 Å². The first kappa shape index (κ1) is 27.7. The first-order valence-corrected chi connectivity index (χ1v) is 12.4. The second kappa shape index (κ2) is 14.0. The summed E-state index contributed by atoms with van der Waals surface area (Å²) in [7, 11) is 3.99. The van der Waals surface area contributed by atoms with E-state index in [4.69, 9.17) is 5.26 Å². The lowest BCUT2D eigenvalue weighted by atomic mass is 10.2. The molecule has 38 heavy (non-hydrogen) atoms. The van der Waals surface area contributed by atoms with Gasteiger partial charge >= 0.3 is 0 Å². The molecule has 0 aliphatic carbocycles. The minimum absolute atomic E-state index is 0.172. The number of nitrogens with zero attached hydrogens (tertiary/aromatic N) is 6. The van der Waals surface area contributed by atoms with Crippen LogP contribution >= 0.6 is 0 Å². The Bertz CT molecular complexity index is 1350. The fourth-order valence-corrected chi connectivity index (χ4v) is 3.31.